The molecule has 5 aliphatic rings. The number of rotatable bonds is 2. The minimum atomic E-state index is 0.0909. The third-order valence-electron chi connectivity index (χ3n) is 9.37. The van der Waals surface area contributed by atoms with Crippen molar-refractivity contribution in [1.82, 2.24) is 5.32 Å². The van der Waals surface area contributed by atoms with Crippen molar-refractivity contribution < 1.29 is 4.79 Å². The van der Waals surface area contributed by atoms with Gasteiger partial charge in [-0.05, 0) is 92.4 Å². The molecule has 1 N–H and O–H groups in total. The summed E-state index contributed by atoms with van der Waals surface area (Å²) in [5, 5.41) is 12.6. The lowest BCUT2D eigenvalue weighted by Gasteiger charge is -2.59. The summed E-state index contributed by atoms with van der Waals surface area (Å²) < 4.78 is 0. The second kappa shape index (κ2) is 5.97. The average molecular weight is 365 g/mol. The van der Waals surface area contributed by atoms with Crippen LogP contribution in [0.15, 0.2) is 23.8 Å². The Morgan fingerprint density at radius 1 is 1.15 bits per heavy atom. The van der Waals surface area contributed by atoms with Gasteiger partial charge in [0.25, 0.3) is 0 Å². The Bertz CT molecular complexity index is 757. The number of amides is 1. The summed E-state index contributed by atoms with van der Waals surface area (Å²) in [5.74, 6) is 3.67. The predicted molar refractivity (Wildman–Crippen MR) is 105 cm³/mol. The molecule has 27 heavy (non-hydrogen) atoms. The summed E-state index contributed by atoms with van der Waals surface area (Å²) in [5.41, 5.74) is 1.99. The maximum atomic E-state index is 11.9. The van der Waals surface area contributed by atoms with Crippen molar-refractivity contribution in [3.63, 3.8) is 0 Å². The minimum Gasteiger partial charge on any atom is -0.349 e. The molecule has 0 saturated heterocycles. The zero-order chi connectivity index (χ0) is 18.8. The summed E-state index contributed by atoms with van der Waals surface area (Å²) in [7, 11) is 0. The Labute approximate surface area is 163 Å². The summed E-state index contributed by atoms with van der Waals surface area (Å²) in [6.45, 7) is 4.94. The second-order valence-corrected chi connectivity index (χ2v) is 10.4. The van der Waals surface area contributed by atoms with Gasteiger partial charge < -0.3 is 5.32 Å². The van der Waals surface area contributed by atoms with E-state index in [1.807, 2.05) is 6.08 Å². The average Bonchev–Trinajstić information content (AvgIpc) is 3.42. The van der Waals surface area contributed by atoms with Crippen molar-refractivity contribution in [2.45, 2.75) is 71.3 Å². The standard InChI is InChI=1S/C24H32N2O/c1-23-12-9-20-17(5-8-21-24(20,2)13-10-22(27)26-21)19(23)7-6-18(23)16(11-14-25)15-3-4-15/h10-11,13,15,17-21H,3-9,12H2,1-2H3,(H,26,27)/b16-11+/t17?,18?,19?,20?,21-,23?,24?/m1/s1. The molecule has 0 aromatic carbocycles. The van der Waals surface area contributed by atoms with Crippen molar-refractivity contribution in [3.8, 4) is 6.07 Å². The third kappa shape index (κ3) is 2.48. The third-order valence-corrected chi connectivity index (χ3v) is 9.37. The zero-order valence-electron chi connectivity index (χ0n) is 16.7. The van der Waals surface area contributed by atoms with E-state index in [2.05, 4.69) is 31.3 Å². The highest BCUT2D eigenvalue weighted by molar-refractivity contribution is 5.89. The fraction of sp³-hybridized carbons (Fsp3) is 0.750. The van der Waals surface area contributed by atoms with E-state index in [0.717, 1.165) is 18.3 Å². The number of carbonyl (C=O) groups is 1. The second-order valence-electron chi connectivity index (χ2n) is 10.4. The van der Waals surface area contributed by atoms with Crippen LogP contribution in [0.4, 0.5) is 0 Å². The molecule has 1 heterocycles. The first-order valence-electron chi connectivity index (χ1n) is 11.1. The molecular formula is C24H32N2O. The Balaban J connectivity index is 1.45. The van der Waals surface area contributed by atoms with Gasteiger partial charge in [-0.15, -0.1) is 0 Å². The molecule has 1 amide bonds. The molecule has 7 atom stereocenters. The fourth-order valence-electron chi connectivity index (χ4n) is 7.88. The largest absolute Gasteiger partial charge is 0.349 e. The van der Waals surface area contributed by atoms with Gasteiger partial charge in [-0.2, -0.15) is 5.26 Å². The molecule has 0 bridgehead atoms. The normalized spacial score (nSPS) is 48.9. The van der Waals surface area contributed by atoms with Gasteiger partial charge in [-0.3, -0.25) is 4.79 Å². The number of hydrogen-bond donors (Lipinski definition) is 1. The number of carbonyl (C=O) groups excluding carboxylic acids is 1. The van der Waals surface area contributed by atoms with Gasteiger partial charge in [-0.25, -0.2) is 0 Å². The number of fused-ring (bicyclic) bond motifs is 5. The van der Waals surface area contributed by atoms with Crippen LogP contribution < -0.4 is 5.32 Å². The van der Waals surface area contributed by atoms with Crippen molar-refractivity contribution in [1.29, 1.82) is 5.26 Å². The highest BCUT2D eigenvalue weighted by Gasteiger charge is 2.60. The van der Waals surface area contributed by atoms with E-state index in [0.29, 0.717) is 29.2 Å². The van der Waals surface area contributed by atoms with E-state index < -0.39 is 0 Å². The quantitative estimate of drug-likeness (QED) is 0.718. The van der Waals surface area contributed by atoms with Crippen LogP contribution in [-0.2, 0) is 4.79 Å². The monoisotopic (exact) mass is 364 g/mol. The first kappa shape index (κ1) is 17.5. The zero-order valence-corrected chi connectivity index (χ0v) is 16.7. The summed E-state index contributed by atoms with van der Waals surface area (Å²) in [6.07, 6.45) is 16.1. The van der Waals surface area contributed by atoms with Crippen LogP contribution in [0.2, 0.25) is 0 Å². The summed E-state index contributed by atoms with van der Waals surface area (Å²) in [4.78, 5) is 11.9. The molecule has 4 aliphatic carbocycles. The Morgan fingerprint density at radius 3 is 2.70 bits per heavy atom. The van der Waals surface area contributed by atoms with Gasteiger partial charge in [0.2, 0.25) is 5.91 Å². The topological polar surface area (TPSA) is 52.9 Å². The van der Waals surface area contributed by atoms with Crippen LogP contribution in [-0.4, -0.2) is 11.9 Å². The molecule has 0 radical (unpaired) electrons. The smallest absolute Gasteiger partial charge is 0.243 e. The molecule has 1 aliphatic heterocycles. The first-order chi connectivity index (χ1) is 13.0. The maximum Gasteiger partial charge on any atom is 0.243 e. The SMILES string of the molecule is CC12CCC3C(CC[C@H]4NC(=O)C=CC34C)C1CCC2/C(=C/C#N)C1CC1. The Kier molecular flexibility index (Phi) is 3.87. The lowest BCUT2D eigenvalue weighted by atomic mass is 9.47. The van der Waals surface area contributed by atoms with E-state index in [-0.39, 0.29) is 11.3 Å². The minimum absolute atomic E-state index is 0.0909. The van der Waals surface area contributed by atoms with E-state index in [1.54, 1.807) is 6.08 Å². The lowest BCUT2D eigenvalue weighted by molar-refractivity contribution is -0.122. The number of nitrogens with one attached hydrogen (secondary N) is 1. The summed E-state index contributed by atoms with van der Waals surface area (Å²) in [6, 6.07) is 2.69. The number of nitrogens with zero attached hydrogens (tertiary/aromatic N) is 1. The molecule has 4 fully saturated rings. The molecule has 5 rings (SSSR count). The van der Waals surface area contributed by atoms with Crippen molar-refractivity contribution in [2.75, 3.05) is 0 Å². The fourth-order valence-corrected chi connectivity index (χ4v) is 7.88. The molecule has 144 valence electrons. The molecule has 3 heteroatoms. The molecule has 4 saturated carbocycles. The van der Waals surface area contributed by atoms with Gasteiger partial charge in [0.05, 0.1) is 6.07 Å². The van der Waals surface area contributed by atoms with Crippen LogP contribution >= 0.6 is 0 Å². The molecule has 3 nitrogen and oxygen atoms in total. The van der Waals surface area contributed by atoms with Crippen LogP contribution in [0.3, 0.4) is 0 Å². The number of allylic oxidation sites excluding steroid dienone is 2. The van der Waals surface area contributed by atoms with Gasteiger partial charge >= 0.3 is 0 Å². The molecule has 6 unspecified atom stereocenters. The highest BCUT2D eigenvalue weighted by Crippen LogP contribution is 2.67. The van der Waals surface area contributed by atoms with Gasteiger partial charge in [0, 0.05) is 17.5 Å². The van der Waals surface area contributed by atoms with Crippen LogP contribution in [0.5, 0.6) is 0 Å². The summed E-state index contributed by atoms with van der Waals surface area (Å²) >= 11 is 0. The van der Waals surface area contributed by atoms with Gasteiger partial charge in [0.15, 0.2) is 0 Å². The van der Waals surface area contributed by atoms with Crippen molar-refractivity contribution in [2.24, 2.45) is 40.4 Å². The van der Waals surface area contributed by atoms with Crippen molar-refractivity contribution >= 4 is 5.91 Å². The van der Waals surface area contributed by atoms with Gasteiger partial charge in [0.1, 0.15) is 0 Å². The van der Waals surface area contributed by atoms with E-state index >= 15 is 0 Å². The highest BCUT2D eigenvalue weighted by atomic mass is 16.1. The molecule has 0 aromatic rings. The maximum absolute atomic E-state index is 11.9. The number of hydrogen-bond acceptors (Lipinski definition) is 2. The van der Waals surface area contributed by atoms with E-state index in [1.165, 1.54) is 50.5 Å². The Morgan fingerprint density at radius 2 is 1.96 bits per heavy atom. The van der Waals surface area contributed by atoms with Crippen LogP contribution in [0.25, 0.3) is 0 Å². The molecule has 0 spiro atoms. The molecular weight excluding hydrogens is 332 g/mol. The first-order valence-corrected chi connectivity index (χ1v) is 11.1. The van der Waals surface area contributed by atoms with Crippen LogP contribution in [0.1, 0.15) is 65.2 Å². The van der Waals surface area contributed by atoms with Crippen molar-refractivity contribution in [3.05, 3.63) is 23.8 Å². The predicted octanol–water partition coefficient (Wildman–Crippen LogP) is 4.76. The Hall–Kier alpha value is -1.56. The van der Waals surface area contributed by atoms with Gasteiger partial charge in [-0.1, -0.05) is 25.5 Å². The lowest BCUT2D eigenvalue weighted by Crippen LogP contribution is -2.59. The van der Waals surface area contributed by atoms with Crippen LogP contribution in [0, 0.1) is 51.8 Å². The van der Waals surface area contributed by atoms with E-state index in [9.17, 15) is 10.1 Å². The van der Waals surface area contributed by atoms with E-state index in [4.69, 9.17) is 0 Å². The molecule has 0 aromatic heterocycles. The number of nitriles is 1.